The Morgan fingerprint density at radius 2 is 1.93 bits per heavy atom. The molecule has 1 aliphatic heterocycles. The lowest BCUT2D eigenvalue weighted by molar-refractivity contribution is -0.121. The summed E-state index contributed by atoms with van der Waals surface area (Å²) in [5.74, 6) is -0.824. The van der Waals surface area contributed by atoms with Crippen molar-refractivity contribution in [2.75, 3.05) is 30.8 Å². The third-order valence-corrected chi connectivity index (χ3v) is 5.19. The van der Waals surface area contributed by atoms with Crippen molar-refractivity contribution >= 4 is 39.9 Å². The van der Waals surface area contributed by atoms with Crippen LogP contribution in [0.15, 0.2) is 41.8 Å². The molecule has 1 unspecified atom stereocenters. The minimum Gasteiger partial charge on any atom is -0.465 e. The van der Waals surface area contributed by atoms with E-state index in [9.17, 15) is 14.4 Å². The van der Waals surface area contributed by atoms with Crippen LogP contribution in [0.1, 0.15) is 23.2 Å². The van der Waals surface area contributed by atoms with Crippen LogP contribution in [-0.2, 0) is 9.53 Å². The first-order chi connectivity index (χ1) is 13.1. The van der Waals surface area contributed by atoms with Crippen LogP contribution in [-0.4, -0.2) is 43.0 Å². The van der Waals surface area contributed by atoms with Gasteiger partial charge >= 0.3 is 12.0 Å². The number of likely N-dealkylation sites (tertiary alicyclic amines) is 1. The Kier molecular flexibility index (Phi) is 6.08. The molecule has 27 heavy (non-hydrogen) atoms. The summed E-state index contributed by atoms with van der Waals surface area (Å²) in [5, 5.41) is 8.39. The molecule has 3 amide bonds. The molecular formula is C19H21N3O4S. The quantitative estimate of drug-likeness (QED) is 0.787. The monoisotopic (exact) mass is 387 g/mol. The van der Waals surface area contributed by atoms with Crippen LogP contribution >= 0.6 is 11.3 Å². The van der Waals surface area contributed by atoms with Crippen LogP contribution < -0.4 is 10.6 Å². The van der Waals surface area contributed by atoms with Gasteiger partial charge in [0.1, 0.15) is 0 Å². The van der Waals surface area contributed by atoms with Gasteiger partial charge in [-0.25, -0.2) is 9.59 Å². The van der Waals surface area contributed by atoms with Crippen LogP contribution in [0, 0.1) is 5.92 Å². The molecular weight excluding hydrogens is 366 g/mol. The first kappa shape index (κ1) is 18.9. The number of esters is 1. The van der Waals surface area contributed by atoms with Crippen LogP contribution in [0.4, 0.5) is 15.5 Å². The second-order valence-electron chi connectivity index (χ2n) is 6.25. The molecule has 0 radical (unpaired) electrons. The maximum Gasteiger partial charge on any atom is 0.337 e. The van der Waals surface area contributed by atoms with Gasteiger partial charge in [0.05, 0.1) is 23.6 Å². The zero-order chi connectivity index (χ0) is 19.2. The van der Waals surface area contributed by atoms with Crippen molar-refractivity contribution in [1.29, 1.82) is 0 Å². The summed E-state index contributed by atoms with van der Waals surface area (Å²) >= 11 is 1.46. The maximum absolute atomic E-state index is 12.6. The lowest BCUT2D eigenvalue weighted by atomic mass is 9.97. The summed E-state index contributed by atoms with van der Waals surface area (Å²) in [5.41, 5.74) is 1.03. The summed E-state index contributed by atoms with van der Waals surface area (Å²) in [6.07, 6.45) is 1.51. The van der Waals surface area contributed by atoms with Crippen LogP contribution in [0.5, 0.6) is 0 Å². The number of piperidine rings is 1. The molecule has 8 heteroatoms. The zero-order valence-electron chi connectivity index (χ0n) is 14.9. The predicted octanol–water partition coefficient (Wildman–Crippen LogP) is 3.42. The second-order valence-corrected chi connectivity index (χ2v) is 7.20. The third-order valence-electron chi connectivity index (χ3n) is 4.40. The van der Waals surface area contributed by atoms with Gasteiger partial charge in [-0.2, -0.15) is 0 Å². The summed E-state index contributed by atoms with van der Waals surface area (Å²) < 4.78 is 4.66. The largest absolute Gasteiger partial charge is 0.465 e. The number of anilines is 2. The number of nitrogens with one attached hydrogen (secondary N) is 2. The fourth-order valence-corrected chi connectivity index (χ4v) is 3.57. The molecule has 1 saturated heterocycles. The van der Waals surface area contributed by atoms with Crippen molar-refractivity contribution < 1.29 is 19.1 Å². The van der Waals surface area contributed by atoms with E-state index in [4.69, 9.17) is 0 Å². The minimum atomic E-state index is -0.424. The van der Waals surface area contributed by atoms with Crippen molar-refractivity contribution in [3.8, 4) is 0 Å². The van der Waals surface area contributed by atoms with E-state index in [2.05, 4.69) is 15.4 Å². The molecule has 1 aromatic heterocycles. The molecule has 1 aliphatic rings. The molecule has 0 bridgehead atoms. The number of rotatable bonds is 4. The predicted molar refractivity (Wildman–Crippen MR) is 104 cm³/mol. The molecule has 3 rings (SSSR count). The van der Waals surface area contributed by atoms with Gasteiger partial charge in [0.15, 0.2) is 0 Å². The number of carbonyl (C=O) groups excluding carboxylic acids is 3. The lowest BCUT2D eigenvalue weighted by Crippen LogP contribution is -2.45. The van der Waals surface area contributed by atoms with E-state index in [1.807, 2.05) is 17.5 Å². The Morgan fingerprint density at radius 3 is 2.59 bits per heavy atom. The number of urea groups is 1. The first-order valence-corrected chi connectivity index (χ1v) is 9.53. The summed E-state index contributed by atoms with van der Waals surface area (Å²) in [7, 11) is 1.32. The molecule has 2 heterocycles. The van der Waals surface area contributed by atoms with E-state index < -0.39 is 5.97 Å². The van der Waals surface area contributed by atoms with E-state index in [-0.39, 0.29) is 17.9 Å². The SMILES string of the molecule is COC(=O)c1ccc(NC(=O)C2CCCN(C(=O)Nc3cccs3)C2)cc1. The Bertz CT molecular complexity index is 805. The highest BCUT2D eigenvalue weighted by Crippen LogP contribution is 2.21. The number of nitrogens with zero attached hydrogens (tertiary/aromatic N) is 1. The molecule has 142 valence electrons. The molecule has 2 N–H and O–H groups in total. The van der Waals surface area contributed by atoms with Gasteiger partial charge in [-0.1, -0.05) is 0 Å². The number of benzene rings is 1. The van der Waals surface area contributed by atoms with E-state index in [1.165, 1.54) is 18.4 Å². The number of hydrogen-bond acceptors (Lipinski definition) is 5. The number of ether oxygens (including phenoxy) is 1. The summed E-state index contributed by atoms with van der Waals surface area (Å²) in [4.78, 5) is 38.1. The Balaban J connectivity index is 1.56. The molecule has 0 aliphatic carbocycles. The summed E-state index contributed by atoms with van der Waals surface area (Å²) in [6, 6.07) is 10.1. The smallest absolute Gasteiger partial charge is 0.337 e. The second kappa shape index (κ2) is 8.68. The van der Waals surface area contributed by atoms with Gasteiger partial charge < -0.3 is 15.0 Å². The zero-order valence-corrected chi connectivity index (χ0v) is 15.8. The van der Waals surface area contributed by atoms with Gasteiger partial charge in [0.2, 0.25) is 5.91 Å². The molecule has 0 spiro atoms. The third kappa shape index (κ3) is 4.85. The number of carbonyl (C=O) groups is 3. The average molecular weight is 387 g/mol. The topological polar surface area (TPSA) is 87.7 Å². The van der Waals surface area contributed by atoms with Crippen LogP contribution in [0.3, 0.4) is 0 Å². The summed E-state index contributed by atoms with van der Waals surface area (Å²) in [6.45, 7) is 1.01. The standard InChI is InChI=1S/C19H21N3O4S/c1-26-18(24)13-6-8-15(9-7-13)20-17(23)14-4-2-10-22(12-14)19(25)21-16-5-3-11-27-16/h3,5-9,11,14H,2,4,10,12H2,1H3,(H,20,23)(H,21,25). The van der Waals surface area contributed by atoms with Crippen LogP contribution in [0.2, 0.25) is 0 Å². The highest BCUT2D eigenvalue weighted by atomic mass is 32.1. The Labute approximate surface area is 161 Å². The fraction of sp³-hybridized carbons (Fsp3) is 0.316. The fourth-order valence-electron chi connectivity index (χ4n) is 2.96. The highest BCUT2D eigenvalue weighted by molar-refractivity contribution is 7.14. The van der Waals surface area contributed by atoms with Crippen molar-refractivity contribution in [1.82, 2.24) is 4.90 Å². The van der Waals surface area contributed by atoms with Gasteiger partial charge in [-0.3, -0.25) is 10.1 Å². The van der Waals surface area contributed by atoms with Gasteiger partial charge in [0, 0.05) is 18.8 Å². The molecule has 7 nitrogen and oxygen atoms in total. The molecule has 2 aromatic rings. The molecule has 1 atom stereocenters. The first-order valence-electron chi connectivity index (χ1n) is 8.65. The number of amides is 3. The van der Waals surface area contributed by atoms with Crippen molar-refractivity contribution in [2.45, 2.75) is 12.8 Å². The number of hydrogen-bond donors (Lipinski definition) is 2. The minimum absolute atomic E-state index is 0.130. The lowest BCUT2D eigenvalue weighted by Gasteiger charge is -2.31. The highest BCUT2D eigenvalue weighted by Gasteiger charge is 2.28. The normalized spacial score (nSPS) is 16.5. The van der Waals surface area contributed by atoms with Gasteiger partial charge in [-0.05, 0) is 54.6 Å². The van der Waals surface area contributed by atoms with Crippen LogP contribution in [0.25, 0.3) is 0 Å². The van der Waals surface area contributed by atoms with E-state index in [0.717, 1.165) is 17.8 Å². The molecule has 1 fully saturated rings. The van der Waals surface area contributed by atoms with Gasteiger partial charge in [0.25, 0.3) is 0 Å². The average Bonchev–Trinajstić information content (AvgIpc) is 3.21. The van der Waals surface area contributed by atoms with Crippen molar-refractivity contribution in [3.05, 3.63) is 47.3 Å². The maximum atomic E-state index is 12.6. The van der Waals surface area contributed by atoms with E-state index in [1.54, 1.807) is 29.2 Å². The van der Waals surface area contributed by atoms with E-state index >= 15 is 0 Å². The van der Waals surface area contributed by atoms with Crippen molar-refractivity contribution in [2.24, 2.45) is 5.92 Å². The molecule has 1 aromatic carbocycles. The number of thiophene rings is 1. The van der Waals surface area contributed by atoms with Crippen molar-refractivity contribution in [3.63, 3.8) is 0 Å². The Hall–Kier alpha value is -2.87. The molecule has 0 saturated carbocycles. The van der Waals surface area contributed by atoms with Gasteiger partial charge in [-0.15, -0.1) is 11.3 Å². The van der Waals surface area contributed by atoms with E-state index in [0.29, 0.717) is 24.3 Å². The Morgan fingerprint density at radius 1 is 1.15 bits per heavy atom. The number of methoxy groups -OCH3 is 1.